The van der Waals surface area contributed by atoms with Crippen molar-refractivity contribution in [3.63, 3.8) is 0 Å². The minimum absolute atomic E-state index is 1.35. The molecule has 0 aromatic carbocycles. The third-order valence-electron chi connectivity index (χ3n) is 3.08. The summed E-state index contributed by atoms with van der Waals surface area (Å²) in [6.07, 6.45) is 11.4. The van der Waals surface area contributed by atoms with Crippen LogP contribution in [0.2, 0.25) is 0 Å². The molecule has 0 saturated heterocycles. The molecule has 1 rings (SSSR count). The first-order valence-corrected chi connectivity index (χ1v) is 5.46. The predicted octanol–water partition coefficient (Wildman–Crippen LogP) is 4.46. The van der Waals surface area contributed by atoms with Gasteiger partial charge >= 0.3 is 0 Å². The summed E-state index contributed by atoms with van der Waals surface area (Å²) in [5, 5.41) is 0. The molecule has 0 bridgehead atoms. The summed E-state index contributed by atoms with van der Waals surface area (Å²) in [6, 6.07) is 0. The van der Waals surface area contributed by atoms with E-state index in [9.17, 15) is 0 Å². The molecule has 0 aliphatic heterocycles. The van der Waals surface area contributed by atoms with E-state index in [1.165, 1.54) is 51.4 Å². The smallest absolute Gasteiger partial charge is 0.0320 e. The van der Waals surface area contributed by atoms with Crippen LogP contribution in [0.15, 0.2) is 11.1 Å². The maximum atomic E-state index is 2.32. The Morgan fingerprint density at radius 1 is 0.583 bits per heavy atom. The van der Waals surface area contributed by atoms with Crippen LogP contribution in [0.1, 0.15) is 65.2 Å². The topological polar surface area (TPSA) is 0 Å². The van der Waals surface area contributed by atoms with Crippen LogP contribution in [-0.2, 0) is 0 Å². The lowest BCUT2D eigenvalue weighted by molar-refractivity contribution is 0.578. The fourth-order valence-electron chi connectivity index (χ4n) is 1.91. The molecule has 1 aliphatic carbocycles. The summed E-state index contributed by atoms with van der Waals surface area (Å²) in [7, 11) is 0. The zero-order valence-electron chi connectivity index (χ0n) is 8.66. The highest BCUT2D eigenvalue weighted by Crippen LogP contribution is 2.21. The Labute approximate surface area is 77.1 Å². The number of hydrogen-bond acceptors (Lipinski definition) is 0. The van der Waals surface area contributed by atoms with Gasteiger partial charge in [0, 0.05) is 0 Å². The van der Waals surface area contributed by atoms with E-state index in [-0.39, 0.29) is 0 Å². The van der Waals surface area contributed by atoms with Crippen LogP contribution in [0.5, 0.6) is 0 Å². The highest BCUT2D eigenvalue weighted by molar-refractivity contribution is 5.09. The molecule has 1 aliphatic rings. The maximum Gasteiger partial charge on any atom is -0.0320 e. The number of hydrogen-bond donors (Lipinski definition) is 0. The van der Waals surface area contributed by atoms with E-state index in [2.05, 4.69) is 13.8 Å². The largest absolute Gasteiger partial charge is 0.0744 e. The molecule has 0 aromatic rings. The molecular weight excluding hydrogens is 144 g/mol. The van der Waals surface area contributed by atoms with Gasteiger partial charge < -0.3 is 0 Å². The lowest BCUT2D eigenvalue weighted by Gasteiger charge is -2.10. The normalized spacial score (nSPS) is 22.5. The molecule has 0 saturated carbocycles. The summed E-state index contributed by atoms with van der Waals surface area (Å²) in [6.45, 7) is 4.63. The van der Waals surface area contributed by atoms with Crippen LogP contribution in [-0.4, -0.2) is 0 Å². The summed E-state index contributed by atoms with van der Waals surface area (Å²) in [5.41, 5.74) is 3.33. The molecule has 0 heterocycles. The van der Waals surface area contributed by atoms with Crippen molar-refractivity contribution < 1.29 is 0 Å². The number of rotatable bonds is 0. The molecule has 12 heavy (non-hydrogen) atoms. The van der Waals surface area contributed by atoms with E-state index in [4.69, 9.17) is 0 Å². The van der Waals surface area contributed by atoms with E-state index < -0.39 is 0 Å². The van der Waals surface area contributed by atoms with Crippen LogP contribution in [0, 0.1) is 0 Å². The second-order valence-corrected chi connectivity index (χ2v) is 4.18. The van der Waals surface area contributed by atoms with Gasteiger partial charge in [-0.3, -0.25) is 0 Å². The van der Waals surface area contributed by atoms with Gasteiger partial charge in [-0.1, -0.05) is 36.8 Å². The first-order valence-electron chi connectivity index (χ1n) is 5.46. The van der Waals surface area contributed by atoms with Crippen LogP contribution in [0.4, 0.5) is 0 Å². The van der Waals surface area contributed by atoms with Crippen LogP contribution < -0.4 is 0 Å². The molecular formula is C12H22. The van der Waals surface area contributed by atoms with Gasteiger partial charge in [-0.05, 0) is 39.5 Å². The van der Waals surface area contributed by atoms with Gasteiger partial charge in [0.15, 0.2) is 0 Å². The zero-order valence-corrected chi connectivity index (χ0v) is 8.66. The Balaban J connectivity index is 2.43. The van der Waals surface area contributed by atoms with Crippen molar-refractivity contribution in [1.29, 1.82) is 0 Å². The van der Waals surface area contributed by atoms with Crippen molar-refractivity contribution in [2.75, 3.05) is 0 Å². The second kappa shape index (κ2) is 5.40. The van der Waals surface area contributed by atoms with Gasteiger partial charge in [0.2, 0.25) is 0 Å². The molecule has 0 heteroatoms. The highest BCUT2D eigenvalue weighted by Gasteiger charge is 2.00. The van der Waals surface area contributed by atoms with E-state index in [0.29, 0.717) is 0 Å². The second-order valence-electron chi connectivity index (χ2n) is 4.18. The summed E-state index contributed by atoms with van der Waals surface area (Å²) < 4.78 is 0. The van der Waals surface area contributed by atoms with Crippen molar-refractivity contribution in [3.05, 3.63) is 11.1 Å². The fraction of sp³-hybridized carbons (Fsp3) is 0.833. The van der Waals surface area contributed by atoms with E-state index in [1.807, 2.05) is 0 Å². The molecule has 70 valence electrons. The van der Waals surface area contributed by atoms with Crippen LogP contribution >= 0.6 is 0 Å². The predicted molar refractivity (Wildman–Crippen MR) is 55.3 cm³/mol. The van der Waals surface area contributed by atoms with Gasteiger partial charge in [0.05, 0.1) is 0 Å². The zero-order chi connectivity index (χ0) is 8.81. The van der Waals surface area contributed by atoms with Crippen molar-refractivity contribution in [2.24, 2.45) is 0 Å². The van der Waals surface area contributed by atoms with Gasteiger partial charge in [-0.15, -0.1) is 0 Å². The maximum absolute atomic E-state index is 2.32. The number of allylic oxidation sites excluding steroid dienone is 2. The molecule has 0 spiro atoms. The molecule has 0 unspecified atom stereocenters. The van der Waals surface area contributed by atoms with Crippen LogP contribution in [0.3, 0.4) is 0 Å². The van der Waals surface area contributed by atoms with Gasteiger partial charge in [-0.25, -0.2) is 0 Å². The Hall–Kier alpha value is -0.260. The molecule has 0 atom stereocenters. The SMILES string of the molecule is CC1=C(C)CCCCCCCC1. The lowest BCUT2D eigenvalue weighted by atomic mass is 9.96. The quantitative estimate of drug-likeness (QED) is 0.466. The van der Waals surface area contributed by atoms with Gasteiger partial charge in [0.1, 0.15) is 0 Å². The molecule has 0 nitrogen and oxygen atoms in total. The average molecular weight is 166 g/mol. The summed E-state index contributed by atoms with van der Waals surface area (Å²) in [4.78, 5) is 0. The molecule has 0 amide bonds. The molecule has 0 aromatic heterocycles. The Morgan fingerprint density at radius 2 is 0.917 bits per heavy atom. The highest BCUT2D eigenvalue weighted by atomic mass is 14.1. The van der Waals surface area contributed by atoms with Crippen molar-refractivity contribution >= 4 is 0 Å². The minimum atomic E-state index is 1.35. The molecule has 0 N–H and O–H groups in total. The Kier molecular flexibility index (Phi) is 4.42. The summed E-state index contributed by atoms with van der Waals surface area (Å²) >= 11 is 0. The van der Waals surface area contributed by atoms with E-state index >= 15 is 0 Å². The fourth-order valence-corrected chi connectivity index (χ4v) is 1.91. The standard InChI is InChI=1S/C12H22/c1-11-9-7-5-3-4-6-8-10-12(11)2/h3-10H2,1-2H3. The monoisotopic (exact) mass is 166 g/mol. The third-order valence-corrected chi connectivity index (χ3v) is 3.08. The van der Waals surface area contributed by atoms with Crippen molar-refractivity contribution in [2.45, 2.75) is 65.2 Å². The first-order chi connectivity index (χ1) is 5.80. The minimum Gasteiger partial charge on any atom is -0.0744 e. The Bertz CT molecular complexity index is 135. The van der Waals surface area contributed by atoms with E-state index in [1.54, 1.807) is 11.1 Å². The molecule has 0 radical (unpaired) electrons. The Morgan fingerprint density at radius 3 is 1.33 bits per heavy atom. The van der Waals surface area contributed by atoms with Crippen LogP contribution in [0.25, 0.3) is 0 Å². The average Bonchev–Trinajstić information content (AvgIpc) is 2.08. The third kappa shape index (κ3) is 3.42. The van der Waals surface area contributed by atoms with Crippen molar-refractivity contribution in [3.8, 4) is 0 Å². The van der Waals surface area contributed by atoms with Gasteiger partial charge in [-0.2, -0.15) is 0 Å². The first kappa shape index (κ1) is 9.83. The lowest BCUT2D eigenvalue weighted by Crippen LogP contribution is -1.90. The molecule has 0 fully saturated rings. The van der Waals surface area contributed by atoms with Gasteiger partial charge in [0.25, 0.3) is 0 Å². The van der Waals surface area contributed by atoms with Crippen molar-refractivity contribution in [1.82, 2.24) is 0 Å². The summed E-state index contributed by atoms with van der Waals surface area (Å²) in [5.74, 6) is 0. The van der Waals surface area contributed by atoms with E-state index in [0.717, 1.165) is 0 Å².